The molecule has 0 atom stereocenters. The van der Waals surface area contributed by atoms with Crippen LogP contribution in [0, 0.1) is 11.3 Å². The Morgan fingerprint density at radius 1 is 1.19 bits per heavy atom. The highest BCUT2D eigenvalue weighted by Crippen LogP contribution is 2.29. The van der Waals surface area contributed by atoms with Crippen LogP contribution >= 0.6 is 0 Å². The van der Waals surface area contributed by atoms with E-state index in [0.29, 0.717) is 30.6 Å². The first-order valence-electron chi connectivity index (χ1n) is 10.5. The molecule has 1 fully saturated rings. The monoisotopic (exact) mass is 418 g/mol. The van der Waals surface area contributed by atoms with Gasteiger partial charge in [0.25, 0.3) is 0 Å². The number of aromatic nitrogens is 4. The second-order valence-corrected chi connectivity index (χ2v) is 7.39. The Balaban J connectivity index is 1.57. The summed E-state index contributed by atoms with van der Waals surface area (Å²) in [6.45, 7) is 2.85. The molecule has 0 aliphatic carbocycles. The number of nitriles is 1. The normalized spacial score (nSPS) is 14.2. The third-order valence-corrected chi connectivity index (χ3v) is 5.21. The summed E-state index contributed by atoms with van der Waals surface area (Å²) >= 11 is 0. The minimum Gasteiger partial charge on any atom is -0.381 e. The van der Waals surface area contributed by atoms with Gasteiger partial charge in [0.2, 0.25) is 5.95 Å². The molecule has 4 rings (SSSR count). The molecule has 0 amide bonds. The number of nitrogens with zero attached hydrogens (tertiary/aromatic N) is 5. The van der Waals surface area contributed by atoms with Crippen molar-refractivity contribution in [3.05, 3.63) is 48.4 Å². The van der Waals surface area contributed by atoms with Gasteiger partial charge < -0.3 is 21.1 Å². The molecule has 0 radical (unpaired) electrons. The Hall–Kier alpha value is -3.48. The van der Waals surface area contributed by atoms with E-state index in [2.05, 4.69) is 38.0 Å². The van der Waals surface area contributed by atoms with Gasteiger partial charge in [0.05, 0.1) is 23.9 Å². The molecule has 3 heterocycles. The summed E-state index contributed by atoms with van der Waals surface area (Å²) < 4.78 is 7.48. The molecule has 0 spiro atoms. The van der Waals surface area contributed by atoms with Crippen LogP contribution in [0.3, 0.4) is 0 Å². The number of nitrogens with one attached hydrogen (secondary N) is 2. The average Bonchev–Trinajstić information content (AvgIpc) is 3.31. The Labute approximate surface area is 181 Å². The summed E-state index contributed by atoms with van der Waals surface area (Å²) in [5.74, 6) is 1.20. The maximum absolute atomic E-state index is 8.96. The summed E-state index contributed by atoms with van der Waals surface area (Å²) in [7, 11) is 0. The molecule has 9 nitrogen and oxygen atoms in total. The molecule has 0 bridgehead atoms. The van der Waals surface area contributed by atoms with Gasteiger partial charge in [-0.2, -0.15) is 15.3 Å². The minimum absolute atomic E-state index is 0.356. The molecule has 9 heteroatoms. The summed E-state index contributed by atoms with van der Waals surface area (Å²) in [5.41, 5.74) is 8.92. The second-order valence-electron chi connectivity index (χ2n) is 7.39. The summed E-state index contributed by atoms with van der Waals surface area (Å²) in [4.78, 5) is 9.18. The summed E-state index contributed by atoms with van der Waals surface area (Å²) in [5, 5.41) is 20.1. The first-order valence-corrected chi connectivity index (χ1v) is 10.5. The maximum atomic E-state index is 8.96. The fourth-order valence-electron chi connectivity index (χ4n) is 3.48. The van der Waals surface area contributed by atoms with E-state index in [1.54, 1.807) is 18.3 Å². The van der Waals surface area contributed by atoms with E-state index in [-0.39, 0.29) is 0 Å². The smallest absolute Gasteiger partial charge is 0.229 e. The van der Waals surface area contributed by atoms with E-state index in [1.165, 1.54) is 0 Å². The van der Waals surface area contributed by atoms with Crippen LogP contribution in [0.2, 0.25) is 0 Å². The molecule has 1 aliphatic rings. The second kappa shape index (κ2) is 10.0. The van der Waals surface area contributed by atoms with Crippen molar-refractivity contribution in [2.45, 2.75) is 25.3 Å². The number of ether oxygens (including phenoxy) is 1. The molecule has 1 aromatic carbocycles. The lowest BCUT2D eigenvalue weighted by Crippen LogP contribution is -2.19. The third-order valence-electron chi connectivity index (χ3n) is 5.21. The van der Waals surface area contributed by atoms with Gasteiger partial charge in [-0.15, -0.1) is 0 Å². The van der Waals surface area contributed by atoms with Gasteiger partial charge in [-0.3, -0.25) is 4.68 Å². The number of anilines is 3. The molecule has 160 valence electrons. The fraction of sp³-hybridized carbons (Fsp3) is 0.364. The van der Waals surface area contributed by atoms with Crippen molar-refractivity contribution in [3.8, 4) is 17.2 Å². The van der Waals surface area contributed by atoms with E-state index in [4.69, 9.17) is 15.7 Å². The SMILES string of the molecule is N#Cc1ccc(Nc2ncc(-c3cnn(C4CCOCC4)c3)c(NCCCN)n2)cc1. The Kier molecular flexibility index (Phi) is 6.72. The molecule has 31 heavy (non-hydrogen) atoms. The van der Waals surface area contributed by atoms with Crippen LogP contribution in [0.5, 0.6) is 0 Å². The van der Waals surface area contributed by atoms with E-state index in [9.17, 15) is 0 Å². The molecule has 1 aliphatic heterocycles. The highest BCUT2D eigenvalue weighted by molar-refractivity contribution is 5.75. The van der Waals surface area contributed by atoms with Crippen LogP contribution < -0.4 is 16.4 Å². The maximum Gasteiger partial charge on any atom is 0.229 e. The van der Waals surface area contributed by atoms with Crippen molar-refractivity contribution in [1.82, 2.24) is 19.7 Å². The molecule has 3 aromatic rings. The molecule has 4 N–H and O–H groups in total. The Morgan fingerprint density at radius 3 is 2.74 bits per heavy atom. The van der Waals surface area contributed by atoms with Crippen LogP contribution in [-0.2, 0) is 4.74 Å². The minimum atomic E-state index is 0.356. The van der Waals surface area contributed by atoms with Gasteiger partial charge >= 0.3 is 0 Å². The van der Waals surface area contributed by atoms with Crippen molar-refractivity contribution in [1.29, 1.82) is 5.26 Å². The van der Waals surface area contributed by atoms with Gasteiger partial charge in [-0.1, -0.05) is 0 Å². The lowest BCUT2D eigenvalue weighted by atomic mass is 10.1. The van der Waals surface area contributed by atoms with Crippen LogP contribution in [0.4, 0.5) is 17.5 Å². The van der Waals surface area contributed by atoms with Gasteiger partial charge in [-0.25, -0.2) is 4.98 Å². The first kappa shape index (κ1) is 20.8. The number of rotatable bonds is 8. The molecule has 2 aromatic heterocycles. The summed E-state index contributed by atoms with van der Waals surface area (Å²) in [6, 6.07) is 9.63. The highest BCUT2D eigenvalue weighted by atomic mass is 16.5. The predicted molar refractivity (Wildman–Crippen MR) is 119 cm³/mol. The molecule has 0 saturated carbocycles. The largest absolute Gasteiger partial charge is 0.381 e. The van der Waals surface area contributed by atoms with E-state index >= 15 is 0 Å². The van der Waals surface area contributed by atoms with Crippen LogP contribution in [-0.4, -0.2) is 46.1 Å². The van der Waals surface area contributed by atoms with Gasteiger partial charge in [0.15, 0.2) is 0 Å². The van der Waals surface area contributed by atoms with Gasteiger partial charge in [0.1, 0.15) is 5.82 Å². The Morgan fingerprint density at radius 2 is 2.00 bits per heavy atom. The molecular formula is C22H26N8O. The zero-order valence-electron chi connectivity index (χ0n) is 17.3. The lowest BCUT2D eigenvalue weighted by molar-refractivity contribution is 0.0662. The zero-order valence-corrected chi connectivity index (χ0v) is 17.3. The standard InChI is InChI=1S/C22H26N8O/c23-8-1-9-25-21-20(17-13-27-30(15-17)19-6-10-31-11-7-19)14-26-22(29-21)28-18-4-2-16(12-24)3-5-18/h2-5,13-15,19H,1,6-11,23H2,(H2,25,26,28,29). The zero-order chi connectivity index (χ0) is 21.5. The van der Waals surface area contributed by atoms with E-state index < -0.39 is 0 Å². The number of hydrogen-bond acceptors (Lipinski definition) is 8. The lowest BCUT2D eigenvalue weighted by Gasteiger charge is -2.22. The highest BCUT2D eigenvalue weighted by Gasteiger charge is 2.18. The quantitative estimate of drug-likeness (QED) is 0.476. The topological polar surface area (TPSA) is 127 Å². The van der Waals surface area contributed by atoms with Crippen molar-refractivity contribution >= 4 is 17.5 Å². The number of benzene rings is 1. The van der Waals surface area contributed by atoms with Crippen molar-refractivity contribution in [2.24, 2.45) is 5.73 Å². The Bertz CT molecular complexity index is 1030. The van der Waals surface area contributed by atoms with Crippen LogP contribution in [0.1, 0.15) is 30.9 Å². The van der Waals surface area contributed by atoms with Crippen LogP contribution in [0.25, 0.3) is 11.1 Å². The van der Waals surface area contributed by atoms with Gasteiger partial charge in [0, 0.05) is 49.0 Å². The molecule has 1 saturated heterocycles. The summed E-state index contributed by atoms with van der Waals surface area (Å²) in [6.07, 6.45) is 8.48. The van der Waals surface area contributed by atoms with Crippen molar-refractivity contribution in [3.63, 3.8) is 0 Å². The first-order chi connectivity index (χ1) is 15.3. The van der Waals surface area contributed by atoms with E-state index in [1.807, 2.05) is 23.0 Å². The van der Waals surface area contributed by atoms with Crippen molar-refractivity contribution in [2.75, 3.05) is 36.9 Å². The predicted octanol–water partition coefficient (Wildman–Crippen LogP) is 3.07. The number of nitrogens with two attached hydrogens (primary N) is 1. The van der Waals surface area contributed by atoms with Crippen molar-refractivity contribution < 1.29 is 4.74 Å². The average molecular weight is 419 g/mol. The fourth-order valence-corrected chi connectivity index (χ4v) is 3.48. The molecule has 0 unspecified atom stereocenters. The van der Waals surface area contributed by atoms with E-state index in [0.717, 1.165) is 55.1 Å². The molecular weight excluding hydrogens is 392 g/mol. The van der Waals surface area contributed by atoms with Crippen LogP contribution in [0.15, 0.2) is 42.9 Å². The number of hydrogen-bond donors (Lipinski definition) is 3. The van der Waals surface area contributed by atoms with Gasteiger partial charge in [-0.05, 0) is 50.1 Å². The third kappa shape index (κ3) is 5.17.